The van der Waals surface area contributed by atoms with Crippen LogP contribution in [0.4, 0.5) is 16.2 Å². The zero-order valence-electron chi connectivity index (χ0n) is 6.20. The van der Waals surface area contributed by atoms with E-state index in [-0.39, 0.29) is 0 Å². The van der Waals surface area contributed by atoms with Gasteiger partial charge in [-0.3, -0.25) is 4.79 Å². The molecule has 0 saturated heterocycles. The fourth-order valence-corrected chi connectivity index (χ4v) is 0.893. The van der Waals surface area contributed by atoms with Crippen LogP contribution >= 0.6 is 11.6 Å². The number of hydrazine groups is 1. The molecule has 1 aromatic rings. The highest BCUT2D eigenvalue weighted by Crippen LogP contribution is 2.20. The molecule has 0 radical (unpaired) electrons. The SMILES string of the molecule is Nc1ccccc1N(N)C(=O)Cl. The van der Waals surface area contributed by atoms with E-state index in [9.17, 15) is 4.79 Å². The molecule has 0 bridgehead atoms. The fraction of sp³-hybridized carbons (Fsp3) is 0. The van der Waals surface area contributed by atoms with Crippen molar-refractivity contribution in [3.05, 3.63) is 24.3 Å². The highest BCUT2D eigenvalue weighted by atomic mass is 35.5. The summed E-state index contributed by atoms with van der Waals surface area (Å²) in [6.45, 7) is 0. The van der Waals surface area contributed by atoms with Gasteiger partial charge in [0.25, 0.3) is 0 Å². The molecule has 4 nitrogen and oxygen atoms in total. The number of hydrogen-bond donors (Lipinski definition) is 2. The van der Waals surface area contributed by atoms with Crippen LogP contribution < -0.4 is 16.6 Å². The van der Waals surface area contributed by atoms with Gasteiger partial charge in [-0.25, -0.2) is 10.9 Å². The first-order valence-corrected chi connectivity index (χ1v) is 3.59. The van der Waals surface area contributed by atoms with Crippen LogP contribution in [0.1, 0.15) is 0 Å². The Morgan fingerprint density at radius 1 is 1.42 bits per heavy atom. The summed E-state index contributed by atoms with van der Waals surface area (Å²) in [4.78, 5) is 10.6. The van der Waals surface area contributed by atoms with E-state index >= 15 is 0 Å². The monoisotopic (exact) mass is 185 g/mol. The molecule has 0 fully saturated rings. The Kier molecular flexibility index (Phi) is 2.52. The number of amides is 1. The Balaban J connectivity index is 3.02. The predicted molar refractivity (Wildman–Crippen MR) is 48.8 cm³/mol. The van der Waals surface area contributed by atoms with Crippen LogP contribution in [0.2, 0.25) is 0 Å². The summed E-state index contributed by atoms with van der Waals surface area (Å²) in [5.41, 5.74) is 6.34. The molecule has 4 N–H and O–H groups in total. The number of nitrogens with zero attached hydrogens (tertiary/aromatic N) is 1. The number of anilines is 2. The Bertz CT molecular complexity index is 302. The van der Waals surface area contributed by atoms with E-state index in [1.54, 1.807) is 24.3 Å². The first kappa shape index (κ1) is 8.83. The van der Waals surface area contributed by atoms with Crippen LogP contribution in [0, 0.1) is 0 Å². The van der Waals surface area contributed by atoms with E-state index in [0.717, 1.165) is 5.01 Å². The summed E-state index contributed by atoms with van der Waals surface area (Å²) in [6.07, 6.45) is 0. The van der Waals surface area contributed by atoms with Crippen molar-refractivity contribution in [3.63, 3.8) is 0 Å². The van der Waals surface area contributed by atoms with Crippen LogP contribution in [0.25, 0.3) is 0 Å². The molecule has 0 saturated carbocycles. The molecule has 1 aromatic carbocycles. The van der Waals surface area contributed by atoms with Crippen molar-refractivity contribution in [3.8, 4) is 0 Å². The zero-order chi connectivity index (χ0) is 9.14. The maximum atomic E-state index is 10.6. The number of nitrogen functional groups attached to an aromatic ring is 1. The molecule has 0 spiro atoms. The normalized spacial score (nSPS) is 9.50. The smallest absolute Gasteiger partial charge is 0.335 e. The van der Waals surface area contributed by atoms with Crippen molar-refractivity contribution >= 4 is 28.3 Å². The number of nitrogens with two attached hydrogens (primary N) is 2. The Morgan fingerprint density at radius 3 is 2.50 bits per heavy atom. The van der Waals surface area contributed by atoms with Gasteiger partial charge in [-0.1, -0.05) is 12.1 Å². The molecule has 0 aliphatic rings. The number of carbonyl (C=O) groups is 1. The van der Waals surface area contributed by atoms with Gasteiger partial charge in [-0.05, 0) is 23.7 Å². The van der Waals surface area contributed by atoms with E-state index in [4.69, 9.17) is 23.2 Å². The number of halogens is 1. The van der Waals surface area contributed by atoms with Gasteiger partial charge in [0.05, 0.1) is 11.4 Å². The molecule has 0 heterocycles. The van der Waals surface area contributed by atoms with Crippen molar-refractivity contribution in [1.82, 2.24) is 0 Å². The van der Waals surface area contributed by atoms with Gasteiger partial charge >= 0.3 is 5.37 Å². The van der Waals surface area contributed by atoms with Crippen molar-refractivity contribution in [2.24, 2.45) is 5.84 Å². The second-order valence-electron chi connectivity index (χ2n) is 2.18. The summed E-state index contributed by atoms with van der Waals surface area (Å²) >= 11 is 5.14. The van der Waals surface area contributed by atoms with Gasteiger partial charge < -0.3 is 5.73 Å². The number of hydrogen-bond acceptors (Lipinski definition) is 3. The minimum atomic E-state index is -0.770. The summed E-state index contributed by atoms with van der Waals surface area (Å²) in [5, 5.41) is 0.0181. The molecule has 0 unspecified atom stereocenters. The molecule has 12 heavy (non-hydrogen) atoms. The lowest BCUT2D eigenvalue weighted by Crippen LogP contribution is -2.33. The Hall–Kier alpha value is -1.26. The quantitative estimate of drug-likeness (QED) is 0.173. The van der Waals surface area contributed by atoms with Gasteiger partial charge in [0, 0.05) is 0 Å². The van der Waals surface area contributed by atoms with Gasteiger partial charge in [0.1, 0.15) is 0 Å². The van der Waals surface area contributed by atoms with Gasteiger partial charge in [0.2, 0.25) is 0 Å². The van der Waals surface area contributed by atoms with E-state index in [1.807, 2.05) is 0 Å². The van der Waals surface area contributed by atoms with Crippen LogP contribution in [0.3, 0.4) is 0 Å². The molecular formula is C7H8ClN3O. The van der Waals surface area contributed by atoms with Gasteiger partial charge in [-0.2, -0.15) is 0 Å². The maximum absolute atomic E-state index is 10.6. The van der Waals surface area contributed by atoms with Crippen LogP contribution in [-0.4, -0.2) is 5.37 Å². The third-order valence-electron chi connectivity index (χ3n) is 1.39. The topological polar surface area (TPSA) is 72.3 Å². The number of para-hydroxylation sites is 2. The molecule has 0 atom stereocenters. The minimum Gasteiger partial charge on any atom is -0.397 e. The summed E-state index contributed by atoms with van der Waals surface area (Å²) in [5.74, 6) is 5.31. The zero-order valence-corrected chi connectivity index (χ0v) is 6.95. The van der Waals surface area contributed by atoms with Crippen molar-refractivity contribution in [2.75, 3.05) is 10.7 Å². The number of carbonyl (C=O) groups excluding carboxylic acids is 1. The first-order chi connectivity index (χ1) is 5.63. The largest absolute Gasteiger partial charge is 0.397 e. The van der Waals surface area contributed by atoms with Crippen LogP contribution in [-0.2, 0) is 0 Å². The second-order valence-corrected chi connectivity index (χ2v) is 2.51. The Morgan fingerprint density at radius 2 is 2.00 bits per heavy atom. The maximum Gasteiger partial charge on any atom is 0.335 e. The fourth-order valence-electron chi connectivity index (χ4n) is 0.802. The third kappa shape index (κ3) is 1.66. The highest BCUT2D eigenvalue weighted by Gasteiger charge is 2.09. The summed E-state index contributed by atoms with van der Waals surface area (Å²) in [6, 6.07) is 6.70. The van der Waals surface area contributed by atoms with Crippen molar-refractivity contribution in [1.29, 1.82) is 0 Å². The minimum absolute atomic E-state index is 0.400. The number of rotatable bonds is 1. The summed E-state index contributed by atoms with van der Waals surface area (Å²) < 4.78 is 0. The molecule has 5 heteroatoms. The molecule has 1 rings (SSSR count). The molecule has 1 amide bonds. The lowest BCUT2D eigenvalue weighted by Gasteiger charge is -2.14. The number of benzene rings is 1. The van der Waals surface area contributed by atoms with Crippen molar-refractivity contribution in [2.45, 2.75) is 0 Å². The van der Waals surface area contributed by atoms with E-state index < -0.39 is 5.37 Å². The van der Waals surface area contributed by atoms with E-state index in [2.05, 4.69) is 0 Å². The lowest BCUT2D eigenvalue weighted by molar-refractivity contribution is 0.264. The van der Waals surface area contributed by atoms with Crippen LogP contribution in [0.15, 0.2) is 24.3 Å². The highest BCUT2D eigenvalue weighted by molar-refractivity contribution is 6.66. The summed E-state index contributed by atoms with van der Waals surface area (Å²) in [7, 11) is 0. The predicted octanol–water partition coefficient (Wildman–Crippen LogP) is 1.31. The molecule has 64 valence electrons. The van der Waals surface area contributed by atoms with Crippen molar-refractivity contribution < 1.29 is 4.79 Å². The first-order valence-electron chi connectivity index (χ1n) is 3.21. The molecule has 0 aliphatic heterocycles. The second kappa shape index (κ2) is 3.42. The molecule has 0 aromatic heterocycles. The molecular weight excluding hydrogens is 178 g/mol. The van der Waals surface area contributed by atoms with Gasteiger partial charge in [-0.15, -0.1) is 0 Å². The third-order valence-corrected chi connectivity index (χ3v) is 1.57. The lowest BCUT2D eigenvalue weighted by atomic mass is 10.3. The molecule has 0 aliphatic carbocycles. The van der Waals surface area contributed by atoms with E-state index in [1.165, 1.54) is 0 Å². The average Bonchev–Trinajstić information content (AvgIpc) is 2.04. The van der Waals surface area contributed by atoms with E-state index in [0.29, 0.717) is 11.4 Å². The van der Waals surface area contributed by atoms with Gasteiger partial charge in [0.15, 0.2) is 0 Å². The van der Waals surface area contributed by atoms with Crippen LogP contribution in [0.5, 0.6) is 0 Å². The average molecular weight is 186 g/mol. The standard InChI is InChI=1S/C7H8ClN3O/c8-7(12)11(10)6-4-2-1-3-5(6)9/h1-4H,9-10H2. The Labute approximate surface area is 74.7 Å².